The lowest BCUT2D eigenvalue weighted by Gasteiger charge is -2.29. The van der Waals surface area contributed by atoms with Crippen LogP contribution in [0.25, 0.3) is 0 Å². The van der Waals surface area contributed by atoms with Crippen molar-refractivity contribution in [2.75, 3.05) is 18.1 Å². The molecular weight excluding hydrogens is 460 g/mol. The van der Waals surface area contributed by atoms with Gasteiger partial charge in [0.1, 0.15) is 17.3 Å². The van der Waals surface area contributed by atoms with Gasteiger partial charge in [-0.1, -0.05) is 19.1 Å². The average molecular weight is 491 g/mol. The Bertz CT molecular complexity index is 1290. The molecule has 3 aromatic rings. The second-order valence-electron chi connectivity index (χ2n) is 8.98. The topological polar surface area (TPSA) is 98.1 Å². The SMILES string of the molecule is CCC(C)NC(=O)c1ccc(CN2C(=O)COc3ccc(C(=O)COc4cc(C)ccc4C)cc32)o1. The van der Waals surface area contributed by atoms with Crippen molar-refractivity contribution in [2.45, 2.75) is 46.7 Å². The van der Waals surface area contributed by atoms with E-state index >= 15 is 0 Å². The number of ether oxygens (including phenoxy) is 2. The van der Waals surface area contributed by atoms with Gasteiger partial charge in [-0.2, -0.15) is 0 Å². The van der Waals surface area contributed by atoms with Gasteiger partial charge in [-0.3, -0.25) is 19.3 Å². The van der Waals surface area contributed by atoms with Gasteiger partial charge in [0.2, 0.25) is 0 Å². The standard InChI is InChI=1S/C28H30N2O6/c1-5-19(4)29-28(33)25-11-9-21(36-25)14-30-22-13-20(8-10-24(22)35-16-27(30)32)23(31)15-34-26-12-17(2)6-7-18(26)3/h6-13,19H,5,14-16H2,1-4H3,(H,29,33). The van der Waals surface area contributed by atoms with E-state index in [1.54, 1.807) is 30.3 Å². The summed E-state index contributed by atoms with van der Waals surface area (Å²) in [6.45, 7) is 7.62. The lowest BCUT2D eigenvalue weighted by molar-refractivity contribution is -0.121. The number of rotatable bonds is 9. The Balaban J connectivity index is 1.50. The van der Waals surface area contributed by atoms with Gasteiger partial charge in [0.15, 0.2) is 24.8 Å². The normalized spacial score (nSPS) is 13.6. The monoisotopic (exact) mass is 490 g/mol. The van der Waals surface area contributed by atoms with Gasteiger partial charge < -0.3 is 19.2 Å². The Morgan fingerprint density at radius 3 is 2.69 bits per heavy atom. The number of fused-ring (bicyclic) bond motifs is 1. The van der Waals surface area contributed by atoms with Gasteiger partial charge in [0, 0.05) is 11.6 Å². The molecule has 1 atom stereocenters. The van der Waals surface area contributed by atoms with E-state index in [1.807, 2.05) is 45.9 Å². The molecule has 8 heteroatoms. The zero-order valence-corrected chi connectivity index (χ0v) is 20.9. The molecule has 1 aliphatic heterocycles. The molecule has 0 fully saturated rings. The molecule has 0 aliphatic carbocycles. The molecule has 2 heterocycles. The van der Waals surface area contributed by atoms with Crippen molar-refractivity contribution in [1.82, 2.24) is 5.32 Å². The second-order valence-corrected chi connectivity index (χ2v) is 8.98. The number of carbonyl (C=O) groups is 3. The summed E-state index contributed by atoms with van der Waals surface area (Å²) < 4.78 is 17.0. The Labute approximate surface area is 210 Å². The molecule has 0 saturated carbocycles. The Hall–Kier alpha value is -4.07. The van der Waals surface area contributed by atoms with Crippen LogP contribution in [-0.4, -0.2) is 36.9 Å². The minimum absolute atomic E-state index is 0.0218. The van der Waals surface area contributed by atoms with Gasteiger partial charge >= 0.3 is 0 Å². The van der Waals surface area contributed by atoms with Crippen molar-refractivity contribution in [3.63, 3.8) is 0 Å². The summed E-state index contributed by atoms with van der Waals surface area (Å²) in [5.41, 5.74) is 2.85. The minimum Gasteiger partial charge on any atom is -0.485 e. The molecule has 0 radical (unpaired) electrons. The van der Waals surface area contributed by atoms with E-state index in [9.17, 15) is 14.4 Å². The van der Waals surface area contributed by atoms with Crippen LogP contribution in [-0.2, 0) is 11.3 Å². The van der Waals surface area contributed by atoms with E-state index < -0.39 is 0 Å². The molecule has 1 aliphatic rings. The molecule has 188 valence electrons. The van der Waals surface area contributed by atoms with Gasteiger partial charge in [0.05, 0.1) is 12.2 Å². The zero-order chi connectivity index (χ0) is 25.8. The third kappa shape index (κ3) is 5.59. The number of Topliss-reactive ketones (excluding diaryl/α,β-unsaturated/α-hetero) is 1. The largest absolute Gasteiger partial charge is 0.485 e. The summed E-state index contributed by atoms with van der Waals surface area (Å²) in [4.78, 5) is 39.5. The smallest absolute Gasteiger partial charge is 0.287 e. The van der Waals surface area contributed by atoms with Gasteiger partial charge in [-0.15, -0.1) is 0 Å². The molecule has 0 spiro atoms. The molecular formula is C28H30N2O6. The molecule has 1 N–H and O–H groups in total. The van der Waals surface area contributed by atoms with E-state index in [0.29, 0.717) is 28.5 Å². The fourth-order valence-corrected chi connectivity index (χ4v) is 3.78. The number of anilines is 1. The van der Waals surface area contributed by atoms with E-state index in [1.165, 1.54) is 4.90 Å². The third-order valence-electron chi connectivity index (χ3n) is 6.12. The third-order valence-corrected chi connectivity index (χ3v) is 6.12. The highest BCUT2D eigenvalue weighted by Gasteiger charge is 2.28. The first-order chi connectivity index (χ1) is 17.2. The predicted octanol–water partition coefficient (Wildman–Crippen LogP) is 4.61. The summed E-state index contributed by atoms with van der Waals surface area (Å²) in [6, 6.07) is 14.1. The average Bonchev–Trinajstić information content (AvgIpc) is 3.34. The molecule has 36 heavy (non-hydrogen) atoms. The Morgan fingerprint density at radius 1 is 1.11 bits per heavy atom. The van der Waals surface area contributed by atoms with Crippen LogP contribution in [0.4, 0.5) is 5.69 Å². The maximum Gasteiger partial charge on any atom is 0.287 e. The van der Waals surface area contributed by atoms with Crippen molar-refractivity contribution in [1.29, 1.82) is 0 Å². The molecule has 0 saturated heterocycles. The maximum absolute atomic E-state index is 12.9. The van der Waals surface area contributed by atoms with Crippen molar-refractivity contribution in [3.8, 4) is 11.5 Å². The van der Waals surface area contributed by atoms with Crippen LogP contribution >= 0.6 is 0 Å². The van der Waals surface area contributed by atoms with Gasteiger partial charge in [0.25, 0.3) is 11.8 Å². The number of furan rings is 1. The molecule has 2 amide bonds. The highest BCUT2D eigenvalue weighted by Crippen LogP contribution is 2.34. The molecule has 1 unspecified atom stereocenters. The number of amides is 2. The van der Waals surface area contributed by atoms with Crippen LogP contribution in [0.3, 0.4) is 0 Å². The van der Waals surface area contributed by atoms with Crippen molar-refractivity contribution in [2.24, 2.45) is 0 Å². The summed E-state index contributed by atoms with van der Waals surface area (Å²) in [6.07, 6.45) is 0.801. The quantitative estimate of drug-likeness (QED) is 0.440. The van der Waals surface area contributed by atoms with E-state index in [-0.39, 0.29) is 49.2 Å². The summed E-state index contributed by atoms with van der Waals surface area (Å²) in [5.74, 6) is 0.968. The predicted molar refractivity (Wildman–Crippen MR) is 135 cm³/mol. The lowest BCUT2D eigenvalue weighted by atomic mass is 10.1. The first kappa shape index (κ1) is 25.0. The number of carbonyl (C=O) groups excluding carboxylic acids is 3. The Morgan fingerprint density at radius 2 is 1.92 bits per heavy atom. The van der Waals surface area contributed by atoms with Gasteiger partial charge in [-0.05, 0) is 74.7 Å². The number of nitrogens with zero attached hydrogens (tertiary/aromatic N) is 1. The van der Waals surface area contributed by atoms with Crippen molar-refractivity contribution < 1.29 is 28.3 Å². The number of nitrogens with one attached hydrogen (secondary N) is 1. The van der Waals surface area contributed by atoms with Crippen LogP contribution < -0.4 is 19.7 Å². The summed E-state index contributed by atoms with van der Waals surface area (Å²) in [7, 11) is 0. The fourth-order valence-electron chi connectivity index (χ4n) is 3.78. The number of hydrogen-bond acceptors (Lipinski definition) is 6. The van der Waals surface area contributed by atoms with Crippen LogP contribution in [0, 0.1) is 13.8 Å². The first-order valence-electron chi connectivity index (χ1n) is 11.9. The van der Waals surface area contributed by atoms with Crippen molar-refractivity contribution in [3.05, 3.63) is 76.7 Å². The Kier molecular flexibility index (Phi) is 7.43. The number of hydrogen-bond donors (Lipinski definition) is 1. The fraction of sp³-hybridized carbons (Fsp3) is 0.321. The molecule has 0 bridgehead atoms. The summed E-state index contributed by atoms with van der Waals surface area (Å²) in [5, 5.41) is 2.85. The maximum atomic E-state index is 12.9. The van der Waals surface area contributed by atoms with E-state index in [0.717, 1.165) is 17.5 Å². The number of aryl methyl sites for hydroxylation is 2. The molecule has 8 nitrogen and oxygen atoms in total. The van der Waals surface area contributed by atoms with E-state index in [4.69, 9.17) is 13.9 Å². The highest BCUT2D eigenvalue weighted by atomic mass is 16.5. The van der Waals surface area contributed by atoms with Gasteiger partial charge in [-0.25, -0.2) is 0 Å². The minimum atomic E-state index is -0.305. The zero-order valence-electron chi connectivity index (χ0n) is 20.9. The van der Waals surface area contributed by atoms with Crippen LogP contribution in [0.1, 0.15) is 58.1 Å². The molecule has 2 aromatic carbocycles. The van der Waals surface area contributed by atoms with Crippen LogP contribution in [0.2, 0.25) is 0 Å². The number of ketones is 1. The highest BCUT2D eigenvalue weighted by molar-refractivity contribution is 6.02. The van der Waals surface area contributed by atoms with Crippen molar-refractivity contribution >= 4 is 23.3 Å². The lowest BCUT2D eigenvalue weighted by Crippen LogP contribution is -2.38. The van der Waals surface area contributed by atoms with Crippen LogP contribution in [0.15, 0.2) is 52.9 Å². The first-order valence-corrected chi connectivity index (χ1v) is 11.9. The van der Waals surface area contributed by atoms with Crippen LogP contribution in [0.5, 0.6) is 11.5 Å². The molecule has 4 rings (SSSR count). The van der Waals surface area contributed by atoms with E-state index in [2.05, 4.69) is 5.32 Å². The second kappa shape index (κ2) is 10.7. The summed E-state index contributed by atoms with van der Waals surface area (Å²) >= 11 is 0. The number of benzene rings is 2. The molecule has 1 aromatic heterocycles.